The molecule has 0 radical (unpaired) electrons. The summed E-state index contributed by atoms with van der Waals surface area (Å²) in [6.07, 6.45) is 0. The van der Waals surface area contributed by atoms with Gasteiger partial charge in [-0.1, -0.05) is 0 Å². The van der Waals surface area contributed by atoms with Crippen LogP contribution >= 0.6 is 7.60 Å². The zero-order valence-electron chi connectivity index (χ0n) is 8.48. The van der Waals surface area contributed by atoms with Crippen LogP contribution in [-0.4, -0.2) is 18.5 Å². The Kier molecular flexibility index (Phi) is 4.80. The van der Waals surface area contributed by atoms with Crippen molar-refractivity contribution >= 4 is 7.60 Å². The van der Waals surface area contributed by atoms with E-state index in [2.05, 4.69) is 4.85 Å². The van der Waals surface area contributed by atoms with Crippen LogP contribution in [0.2, 0.25) is 0 Å². The van der Waals surface area contributed by atoms with Crippen LogP contribution in [0.15, 0.2) is 0 Å². The minimum absolute atomic E-state index is 0.143. The van der Waals surface area contributed by atoms with Gasteiger partial charge in [0.15, 0.2) is 6.07 Å². The highest BCUT2D eigenvalue weighted by Gasteiger charge is 2.55. The van der Waals surface area contributed by atoms with E-state index in [1.807, 2.05) is 0 Å². The van der Waals surface area contributed by atoms with Gasteiger partial charge in [-0.15, -0.1) is 0 Å². The molecule has 0 spiro atoms. The maximum atomic E-state index is 12.0. The van der Waals surface area contributed by atoms with Crippen LogP contribution < -0.4 is 0 Å². The lowest BCUT2D eigenvalue weighted by Gasteiger charge is -2.20. The molecule has 0 aliphatic heterocycles. The van der Waals surface area contributed by atoms with Crippen molar-refractivity contribution < 1.29 is 13.6 Å². The first kappa shape index (κ1) is 13.1. The molecule has 6 heteroatoms. The van der Waals surface area contributed by atoms with Crippen LogP contribution in [0.25, 0.3) is 4.85 Å². The van der Waals surface area contributed by atoms with E-state index in [9.17, 15) is 4.57 Å². The second-order valence-corrected chi connectivity index (χ2v) is 4.96. The molecule has 1 atom stereocenters. The fourth-order valence-corrected chi connectivity index (χ4v) is 2.28. The summed E-state index contributed by atoms with van der Waals surface area (Å²) in [5, 5.41) is 7.03. The molecule has 0 saturated carbocycles. The third-order valence-corrected chi connectivity index (χ3v) is 4.02. The molecule has 0 aromatic carbocycles. The number of nitrogens with zero attached hydrogens (tertiary/aromatic N) is 2. The van der Waals surface area contributed by atoms with Crippen LogP contribution in [0, 0.1) is 17.9 Å². The summed E-state index contributed by atoms with van der Waals surface area (Å²) in [4.78, 5) is 3.02. The predicted octanol–water partition coefficient (Wildman–Crippen LogP) is 2.41. The van der Waals surface area contributed by atoms with Crippen molar-refractivity contribution in [3.63, 3.8) is 0 Å². The maximum Gasteiger partial charge on any atom is 0.430 e. The topological polar surface area (TPSA) is 63.7 Å². The molecular formula is C8H13N2O3P. The second kappa shape index (κ2) is 5.12. The SMILES string of the molecule is [C-]#[N+]C(C)(C#N)P(=O)(OCC)OCC. The average Bonchev–Trinajstić information content (AvgIpc) is 2.17. The van der Waals surface area contributed by atoms with Crippen LogP contribution in [0.5, 0.6) is 0 Å². The molecule has 0 bridgehead atoms. The molecule has 5 nitrogen and oxygen atoms in total. The molecule has 0 aliphatic carbocycles. The Morgan fingerprint density at radius 1 is 1.50 bits per heavy atom. The van der Waals surface area contributed by atoms with Crippen molar-refractivity contribution in [3.05, 3.63) is 11.4 Å². The average molecular weight is 216 g/mol. The molecule has 0 fully saturated rings. The Labute approximate surface area is 84.0 Å². The van der Waals surface area contributed by atoms with Crippen molar-refractivity contribution in [2.45, 2.75) is 26.1 Å². The Bertz CT molecular complexity index is 292. The molecule has 14 heavy (non-hydrogen) atoms. The zero-order chi connectivity index (χ0) is 11.2. The third-order valence-electron chi connectivity index (χ3n) is 1.56. The van der Waals surface area contributed by atoms with E-state index < -0.39 is 12.9 Å². The van der Waals surface area contributed by atoms with Crippen LogP contribution in [-0.2, 0) is 13.6 Å². The highest BCUT2D eigenvalue weighted by molar-refractivity contribution is 7.56. The normalized spacial score (nSPS) is 15.2. The van der Waals surface area contributed by atoms with Gasteiger partial charge in [0, 0.05) is 6.92 Å². The van der Waals surface area contributed by atoms with Gasteiger partial charge in [-0.2, -0.15) is 5.26 Å². The molecule has 0 heterocycles. The second-order valence-electron chi connectivity index (χ2n) is 2.58. The van der Waals surface area contributed by atoms with E-state index in [0.29, 0.717) is 0 Å². The van der Waals surface area contributed by atoms with E-state index in [1.165, 1.54) is 6.92 Å². The lowest BCUT2D eigenvalue weighted by Crippen LogP contribution is -2.21. The van der Waals surface area contributed by atoms with Crippen molar-refractivity contribution in [2.75, 3.05) is 13.2 Å². The number of nitriles is 1. The Hall–Kier alpha value is -0.870. The molecule has 0 aromatic heterocycles. The van der Waals surface area contributed by atoms with Crippen molar-refractivity contribution in [1.29, 1.82) is 5.26 Å². The summed E-state index contributed by atoms with van der Waals surface area (Å²) < 4.78 is 21.8. The van der Waals surface area contributed by atoms with E-state index in [0.717, 1.165) is 0 Å². The van der Waals surface area contributed by atoms with Gasteiger partial charge in [0.25, 0.3) is 0 Å². The summed E-state index contributed by atoms with van der Waals surface area (Å²) in [6.45, 7) is 11.6. The van der Waals surface area contributed by atoms with E-state index >= 15 is 0 Å². The fourth-order valence-electron chi connectivity index (χ4n) is 0.776. The van der Waals surface area contributed by atoms with Gasteiger partial charge in [0.2, 0.25) is 0 Å². The minimum Gasteiger partial charge on any atom is -0.302 e. The molecule has 0 amide bonds. The molecule has 0 N–H and O–H groups in total. The van der Waals surface area contributed by atoms with E-state index in [1.54, 1.807) is 19.9 Å². The van der Waals surface area contributed by atoms with Gasteiger partial charge < -0.3 is 9.05 Å². The summed E-state index contributed by atoms with van der Waals surface area (Å²) >= 11 is 0. The molecule has 0 saturated heterocycles. The molecule has 78 valence electrons. The van der Waals surface area contributed by atoms with Crippen LogP contribution in [0.1, 0.15) is 20.8 Å². The Morgan fingerprint density at radius 3 is 2.14 bits per heavy atom. The largest absolute Gasteiger partial charge is 0.430 e. The van der Waals surface area contributed by atoms with Gasteiger partial charge in [0.1, 0.15) is 0 Å². The van der Waals surface area contributed by atoms with Crippen molar-refractivity contribution in [3.8, 4) is 6.07 Å². The molecule has 1 unspecified atom stereocenters. The summed E-state index contributed by atoms with van der Waals surface area (Å²) in [6, 6.07) is 1.67. The lowest BCUT2D eigenvalue weighted by molar-refractivity contribution is 0.211. The Morgan fingerprint density at radius 2 is 1.93 bits per heavy atom. The third kappa shape index (κ3) is 2.33. The lowest BCUT2D eigenvalue weighted by atomic mass is 10.4. The molecule has 0 aromatic rings. The highest BCUT2D eigenvalue weighted by Crippen LogP contribution is 2.60. The van der Waals surface area contributed by atoms with Gasteiger partial charge in [-0.25, -0.2) is 11.1 Å². The van der Waals surface area contributed by atoms with Gasteiger partial charge in [0.05, 0.1) is 13.2 Å². The monoisotopic (exact) mass is 216 g/mol. The maximum absolute atomic E-state index is 12.0. The first-order chi connectivity index (χ1) is 6.49. The minimum atomic E-state index is -3.66. The van der Waals surface area contributed by atoms with Gasteiger partial charge in [-0.05, 0) is 13.8 Å². The number of hydrogen-bond acceptors (Lipinski definition) is 4. The first-order valence-electron chi connectivity index (χ1n) is 4.18. The fraction of sp³-hybridized carbons (Fsp3) is 0.750. The van der Waals surface area contributed by atoms with E-state index in [4.69, 9.17) is 20.9 Å². The number of hydrogen-bond donors (Lipinski definition) is 0. The number of rotatable bonds is 5. The van der Waals surface area contributed by atoms with Crippen molar-refractivity contribution in [2.24, 2.45) is 0 Å². The quantitative estimate of drug-likeness (QED) is 0.523. The highest BCUT2D eigenvalue weighted by atomic mass is 31.2. The first-order valence-corrected chi connectivity index (χ1v) is 5.73. The van der Waals surface area contributed by atoms with Crippen LogP contribution in [0.3, 0.4) is 0 Å². The summed E-state index contributed by atoms with van der Waals surface area (Å²) in [7, 11) is -3.66. The predicted molar refractivity (Wildman–Crippen MR) is 51.5 cm³/mol. The van der Waals surface area contributed by atoms with E-state index in [-0.39, 0.29) is 13.2 Å². The van der Waals surface area contributed by atoms with Crippen molar-refractivity contribution in [1.82, 2.24) is 0 Å². The van der Waals surface area contributed by atoms with Crippen LogP contribution in [0.4, 0.5) is 0 Å². The summed E-state index contributed by atoms with van der Waals surface area (Å²) in [5.74, 6) is 0. The van der Waals surface area contributed by atoms with Gasteiger partial charge >= 0.3 is 12.9 Å². The summed E-state index contributed by atoms with van der Waals surface area (Å²) in [5.41, 5.74) is 0. The Balaban J connectivity index is 5.12. The van der Waals surface area contributed by atoms with Gasteiger partial charge in [-0.3, -0.25) is 4.85 Å². The smallest absolute Gasteiger partial charge is 0.302 e. The molecular weight excluding hydrogens is 203 g/mol. The zero-order valence-corrected chi connectivity index (χ0v) is 9.38. The standard InChI is InChI=1S/C8H13N2O3P/c1-5-12-14(11,13-6-2)8(3,7-9)10-4/h5-6H2,1-3H3. The molecule has 0 rings (SSSR count). The molecule has 0 aliphatic rings.